The van der Waals surface area contributed by atoms with Crippen molar-refractivity contribution in [1.82, 2.24) is 14.9 Å². The van der Waals surface area contributed by atoms with Gasteiger partial charge in [0.25, 0.3) is 0 Å². The Morgan fingerprint density at radius 3 is 1.87 bits per heavy atom. The molecular weight excluding hydrogens is 382 g/mol. The third kappa shape index (κ3) is 2.89. The van der Waals surface area contributed by atoms with E-state index in [1.165, 1.54) is 11.1 Å². The molecule has 2 bridgehead atoms. The molecule has 2 aliphatic carbocycles. The van der Waals surface area contributed by atoms with Crippen LogP contribution in [0.15, 0.2) is 12.1 Å². The first kappa shape index (κ1) is 22.2. The normalized spacial score (nSPS) is 26.2. The van der Waals surface area contributed by atoms with E-state index >= 15 is 0 Å². The van der Waals surface area contributed by atoms with Crippen molar-refractivity contribution >= 4 is 16.9 Å². The average molecular weight is 422 g/mol. The van der Waals surface area contributed by atoms with Crippen LogP contribution in [-0.4, -0.2) is 33.9 Å². The zero-order valence-corrected chi connectivity index (χ0v) is 20.9. The Labute approximate surface area is 187 Å². The number of rotatable bonds is 5. The van der Waals surface area contributed by atoms with E-state index in [-0.39, 0.29) is 16.7 Å². The number of carbonyl (C=O) groups is 1. The second kappa shape index (κ2) is 7.02. The summed E-state index contributed by atoms with van der Waals surface area (Å²) in [7, 11) is 0. The standard InChI is InChI=1S/C27H39N3O/c1-16(2)14-30(15-17(3)4)24(31)27-11-10-26(9,25(27,7)8)22-23(27)29-21-13-19(6)18(5)12-20(21)28-22/h12-13,16-17H,10-11,14-15H2,1-9H3. The maximum absolute atomic E-state index is 14.4. The maximum Gasteiger partial charge on any atom is 0.235 e. The van der Waals surface area contributed by atoms with Gasteiger partial charge in [-0.1, -0.05) is 48.5 Å². The predicted octanol–water partition coefficient (Wildman–Crippen LogP) is 5.72. The van der Waals surface area contributed by atoms with Gasteiger partial charge >= 0.3 is 0 Å². The average Bonchev–Trinajstić information content (AvgIpc) is 2.95. The molecule has 2 aliphatic rings. The first-order valence-corrected chi connectivity index (χ1v) is 11.9. The van der Waals surface area contributed by atoms with Crippen LogP contribution >= 0.6 is 0 Å². The molecule has 1 aromatic heterocycles. The summed E-state index contributed by atoms with van der Waals surface area (Å²) in [5.41, 5.74) is 5.37. The van der Waals surface area contributed by atoms with E-state index in [1.54, 1.807) is 0 Å². The van der Waals surface area contributed by atoms with Crippen LogP contribution in [0.5, 0.6) is 0 Å². The molecule has 4 rings (SSSR count). The van der Waals surface area contributed by atoms with Crippen molar-refractivity contribution in [3.63, 3.8) is 0 Å². The van der Waals surface area contributed by atoms with E-state index in [4.69, 9.17) is 9.97 Å². The quantitative estimate of drug-likeness (QED) is 0.620. The molecule has 1 fully saturated rings. The molecule has 1 aromatic carbocycles. The molecule has 0 spiro atoms. The number of aromatic nitrogens is 2. The molecule has 2 atom stereocenters. The summed E-state index contributed by atoms with van der Waals surface area (Å²) in [6, 6.07) is 4.29. The summed E-state index contributed by atoms with van der Waals surface area (Å²) in [4.78, 5) is 26.9. The minimum absolute atomic E-state index is 0.140. The van der Waals surface area contributed by atoms with Gasteiger partial charge in [-0.25, -0.2) is 9.97 Å². The van der Waals surface area contributed by atoms with Gasteiger partial charge in [0.1, 0.15) is 0 Å². The summed E-state index contributed by atoms with van der Waals surface area (Å²) in [6.45, 7) is 21.5. The number of carbonyl (C=O) groups excluding carboxylic acids is 1. The lowest BCUT2D eigenvalue weighted by atomic mass is 9.63. The second-order valence-electron chi connectivity index (χ2n) is 11.7. The molecule has 2 unspecified atom stereocenters. The highest BCUT2D eigenvalue weighted by Gasteiger charge is 2.73. The molecule has 4 heteroatoms. The Kier molecular flexibility index (Phi) is 5.03. The smallest absolute Gasteiger partial charge is 0.235 e. The third-order valence-corrected chi connectivity index (χ3v) is 8.48. The Morgan fingerprint density at radius 1 is 0.903 bits per heavy atom. The van der Waals surface area contributed by atoms with Gasteiger partial charge in [-0.15, -0.1) is 0 Å². The summed E-state index contributed by atoms with van der Waals surface area (Å²) in [6.07, 6.45) is 1.85. The number of hydrogen-bond donors (Lipinski definition) is 0. The number of hydrogen-bond acceptors (Lipinski definition) is 3. The number of fused-ring (bicyclic) bond motifs is 6. The number of amides is 1. The van der Waals surface area contributed by atoms with E-state index in [0.717, 1.165) is 48.4 Å². The summed E-state index contributed by atoms with van der Waals surface area (Å²) >= 11 is 0. The Hall–Kier alpha value is -1.97. The van der Waals surface area contributed by atoms with Crippen molar-refractivity contribution in [3.05, 3.63) is 34.6 Å². The first-order chi connectivity index (χ1) is 14.3. The summed E-state index contributed by atoms with van der Waals surface area (Å²) in [5.74, 6) is 1.13. The van der Waals surface area contributed by atoms with Crippen molar-refractivity contribution in [2.45, 2.75) is 86.0 Å². The van der Waals surface area contributed by atoms with Gasteiger partial charge in [0, 0.05) is 18.5 Å². The van der Waals surface area contributed by atoms with Crippen LogP contribution in [0.1, 0.15) is 83.8 Å². The van der Waals surface area contributed by atoms with E-state index in [0.29, 0.717) is 11.8 Å². The minimum Gasteiger partial charge on any atom is -0.341 e. The van der Waals surface area contributed by atoms with E-state index in [1.807, 2.05) is 0 Å². The molecule has 0 aliphatic heterocycles. The Morgan fingerprint density at radius 2 is 1.39 bits per heavy atom. The topological polar surface area (TPSA) is 46.1 Å². The van der Waals surface area contributed by atoms with Crippen LogP contribution < -0.4 is 0 Å². The molecule has 0 saturated heterocycles. The van der Waals surface area contributed by atoms with E-state index < -0.39 is 5.41 Å². The van der Waals surface area contributed by atoms with Gasteiger partial charge in [-0.3, -0.25) is 4.79 Å². The fraction of sp³-hybridized carbons (Fsp3) is 0.667. The number of benzene rings is 1. The first-order valence-electron chi connectivity index (χ1n) is 11.9. The van der Waals surface area contributed by atoms with Crippen molar-refractivity contribution in [2.24, 2.45) is 17.3 Å². The van der Waals surface area contributed by atoms with Gasteiger partial charge in [-0.2, -0.15) is 0 Å². The summed E-state index contributed by atoms with van der Waals surface area (Å²) in [5, 5.41) is 0. The van der Waals surface area contributed by atoms with Crippen molar-refractivity contribution in [2.75, 3.05) is 13.1 Å². The Bertz CT molecular complexity index is 1040. The maximum atomic E-state index is 14.4. The highest BCUT2D eigenvalue weighted by Crippen LogP contribution is 2.70. The molecule has 1 saturated carbocycles. The number of nitrogens with zero attached hydrogens (tertiary/aromatic N) is 3. The Balaban J connectivity index is 1.95. The van der Waals surface area contributed by atoms with Crippen LogP contribution in [0.2, 0.25) is 0 Å². The van der Waals surface area contributed by atoms with Gasteiger partial charge < -0.3 is 4.90 Å². The van der Waals surface area contributed by atoms with Gasteiger partial charge in [-0.05, 0) is 67.2 Å². The molecule has 31 heavy (non-hydrogen) atoms. The highest BCUT2D eigenvalue weighted by molar-refractivity contribution is 5.93. The van der Waals surface area contributed by atoms with Crippen LogP contribution in [0, 0.1) is 31.1 Å². The monoisotopic (exact) mass is 421 g/mol. The lowest BCUT2D eigenvalue weighted by molar-refractivity contribution is -0.142. The van der Waals surface area contributed by atoms with E-state index in [9.17, 15) is 4.79 Å². The largest absolute Gasteiger partial charge is 0.341 e. The predicted molar refractivity (Wildman–Crippen MR) is 127 cm³/mol. The van der Waals surface area contributed by atoms with Crippen molar-refractivity contribution in [3.8, 4) is 0 Å². The van der Waals surface area contributed by atoms with Crippen molar-refractivity contribution < 1.29 is 4.79 Å². The molecule has 2 aromatic rings. The van der Waals surface area contributed by atoms with Crippen LogP contribution in [0.25, 0.3) is 11.0 Å². The molecule has 1 heterocycles. The zero-order chi connectivity index (χ0) is 22.9. The molecule has 1 amide bonds. The fourth-order valence-corrected chi connectivity index (χ4v) is 6.22. The molecular formula is C27H39N3O. The van der Waals surface area contributed by atoms with Gasteiger partial charge in [0.2, 0.25) is 5.91 Å². The van der Waals surface area contributed by atoms with Gasteiger partial charge in [0.05, 0.1) is 27.8 Å². The van der Waals surface area contributed by atoms with E-state index in [2.05, 4.69) is 79.3 Å². The van der Waals surface area contributed by atoms with Crippen LogP contribution in [0.4, 0.5) is 0 Å². The molecule has 4 nitrogen and oxygen atoms in total. The lowest BCUT2D eigenvalue weighted by Gasteiger charge is -2.43. The molecule has 0 radical (unpaired) electrons. The SMILES string of the molecule is Cc1cc2nc3c(nc2cc1C)C1(C(=O)N(CC(C)C)CC(C)C)CCC3(C)C1(C)C. The third-order valence-electron chi connectivity index (χ3n) is 8.48. The lowest BCUT2D eigenvalue weighted by Crippen LogP contribution is -2.54. The highest BCUT2D eigenvalue weighted by atomic mass is 16.2. The fourth-order valence-electron chi connectivity index (χ4n) is 6.22. The summed E-state index contributed by atoms with van der Waals surface area (Å²) < 4.78 is 0. The molecule has 0 N–H and O–H groups in total. The van der Waals surface area contributed by atoms with Gasteiger partial charge in [0.15, 0.2) is 0 Å². The minimum atomic E-state index is -0.596. The van der Waals surface area contributed by atoms with Crippen LogP contribution in [0.3, 0.4) is 0 Å². The van der Waals surface area contributed by atoms with Crippen molar-refractivity contribution in [1.29, 1.82) is 0 Å². The van der Waals surface area contributed by atoms with Crippen LogP contribution in [-0.2, 0) is 15.6 Å². The molecule has 168 valence electrons. The number of aryl methyl sites for hydroxylation is 2. The second-order valence-corrected chi connectivity index (χ2v) is 11.7. The zero-order valence-electron chi connectivity index (χ0n) is 20.9.